The fourth-order valence-corrected chi connectivity index (χ4v) is 4.93. The SMILES string of the molecule is CCn1cc(C(=O)N2CCN(Cc3ccc(OC)c(OC)c3OC)CC2)c2cc(OC)c(OC)cc2c1=O. The number of piperazine rings is 1. The monoisotopic (exact) mass is 525 g/mol. The van der Waals surface area contributed by atoms with Crippen molar-refractivity contribution in [3.8, 4) is 28.7 Å². The number of carbonyl (C=O) groups excluding carboxylic acids is 1. The van der Waals surface area contributed by atoms with Crippen LogP contribution in [0.5, 0.6) is 28.7 Å². The smallest absolute Gasteiger partial charge is 0.258 e. The Bertz CT molecular complexity index is 1380. The fourth-order valence-electron chi connectivity index (χ4n) is 4.93. The Morgan fingerprint density at radius 1 is 0.789 bits per heavy atom. The van der Waals surface area contributed by atoms with Gasteiger partial charge in [-0.05, 0) is 25.1 Å². The molecule has 38 heavy (non-hydrogen) atoms. The number of ether oxygens (including phenoxy) is 5. The number of amides is 1. The molecule has 0 saturated carbocycles. The second-order valence-corrected chi connectivity index (χ2v) is 8.95. The van der Waals surface area contributed by atoms with Crippen molar-refractivity contribution in [3.05, 3.63) is 51.9 Å². The largest absolute Gasteiger partial charge is 0.493 e. The molecule has 2 aromatic carbocycles. The summed E-state index contributed by atoms with van der Waals surface area (Å²) in [7, 11) is 7.85. The summed E-state index contributed by atoms with van der Waals surface area (Å²) in [5.74, 6) is 2.61. The van der Waals surface area contributed by atoms with Gasteiger partial charge in [-0.25, -0.2) is 0 Å². The van der Waals surface area contributed by atoms with Crippen LogP contribution in [0.2, 0.25) is 0 Å². The first-order chi connectivity index (χ1) is 18.4. The third kappa shape index (κ3) is 4.96. The third-order valence-corrected chi connectivity index (χ3v) is 7.00. The van der Waals surface area contributed by atoms with E-state index in [1.165, 1.54) is 14.2 Å². The van der Waals surface area contributed by atoms with E-state index < -0.39 is 0 Å². The zero-order valence-corrected chi connectivity index (χ0v) is 22.8. The van der Waals surface area contributed by atoms with Gasteiger partial charge in [0.25, 0.3) is 11.5 Å². The van der Waals surface area contributed by atoms with Crippen LogP contribution in [0.4, 0.5) is 0 Å². The van der Waals surface area contributed by atoms with Crippen LogP contribution in [0.25, 0.3) is 10.8 Å². The number of benzene rings is 2. The van der Waals surface area contributed by atoms with Crippen molar-refractivity contribution in [2.24, 2.45) is 0 Å². The number of aromatic nitrogens is 1. The Kier molecular flexibility index (Phi) is 8.31. The van der Waals surface area contributed by atoms with E-state index in [-0.39, 0.29) is 11.5 Å². The zero-order valence-electron chi connectivity index (χ0n) is 22.8. The highest BCUT2D eigenvalue weighted by Crippen LogP contribution is 2.40. The summed E-state index contributed by atoms with van der Waals surface area (Å²) >= 11 is 0. The molecular weight excluding hydrogens is 490 g/mol. The summed E-state index contributed by atoms with van der Waals surface area (Å²) in [6.07, 6.45) is 1.65. The van der Waals surface area contributed by atoms with Crippen molar-refractivity contribution in [3.63, 3.8) is 0 Å². The van der Waals surface area contributed by atoms with Gasteiger partial charge in [-0.15, -0.1) is 0 Å². The normalized spacial score (nSPS) is 13.9. The Morgan fingerprint density at radius 3 is 1.95 bits per heavy atom. The van der Waals surface area contributed by atoms with Gasteiger partial charge in [0.15, 0.2) is 23.0 Å². The number of aryl methyl sites for hydroxylation is 1. The van der Waals surface area contributed by atoms with Crippen LogP contribution in [-0.2, 0) is 13.1 Å². The summed E-state index contributed by atoms with van der Waals surface area (Å²) in [5.41, 5.74) is 1.28. The summed E-state index contributed by atoms with van der Waals surface area (Å²) in [4.78, 5) is 30.9. The predicted molar refractivity (Wildman–Crippen MR) is 144 cm³/mol. The molecule has 0 N–H and O–H groups in total. The molecule has 0 spiro atoms. The Labute approximate surface area is 222 Å². The molecule has 1 saturated heterocycles. The fraction of sp³-hybridized carbons (Fsp3) is 0.429. The molecule has 10 heteroatoms. The lowest BCUT2D eigenvalue weighted by molar-refractivity contribution is 0.0628. The van der Waals surface area contributed by atoms with E-state index in [2.05, 4.69) is 4.90 Å². The number of carbonyl (C=O) groups is 1. The van der Waals surface area contributed by atoms with Crippen LogP contribution < -0.4 is 29.2 Å². The van der Waals surface area contributed by atoms with Gasteiger partial charge in [0.2, 0.25) is 5.75 Å². The van der Waals surface area contributed by atoms with Gasteiger partial charge in [-0.1, -0.05) is 6.07 Å². The minimum Gasteiger partial charge on any atom is -0.493 e. The average molecular weight is 526 g/mol. The minimum atomic E-state index is -0.173. The first-order valence-corrected chi connectivity index (χ1v) is 12.5. The average Bonchev–Trinajstić information content (AvgIpc) is 2.96. The molecule has 10 nitrogen and oxygen atoms in total. The summed E-state index contributed by atoms with van der Waals surface area (Å²) in [6.45, 7) is 5.44. The molecule has 204 valence electrons. The highest BCUT2D eigenvalue weighted by Gasteiger charge is 2.27. The van der Waals surface area contributed by atoms with E-state index in [4.69, 9.17) is 23.7 Å². The van der Waals surface area contributed by atoms with Crippen LogP contribution in [0.1, 0.15) is 22.8 Å². The van der Waals surface area contributed by atoms with E-state index in [1.54, 1.807) is 44.2 Å². The van der Waals surface area contributed by atoms with Gasteiger partial charge in [0.05, 0.1) is 46.5 Å². The molecule has 4 rings (SSSR count). The van der Waals surface area contributed by atoms with Crippen LogP contribution >= 0.6 is 0 Å². The van der Waals surface area contributed by atoms with Gasteiger partial charge in [-0.2, -0.15) is 0 Å². The number of nitrogens with zero attached hydrogens (tertiary/aromatic N) is 3. The Morgan fingerprint density at radius 2 is 1.39 bits per heavy atom. The molecule has 0 unspecified atom stereocenters. The van der Waals surface area contributed by atoms with E-state index in [0.717, 1.165) is 5.56 Å². The zero-order chi connectivity index (χ0) is 27.4. The lowest BCUT2D eigenvalue weighted by Crippen LogP contribution is -2.48. The standard InChI is InChI=1S/C28H35N3O7/c1-7-30-17-21(19-14-23(35-3)24(36-4)15-20(19)27(30)32)28(33)31-12-10-29(11-13-31)16-18-8-9-22(34-2)26(38-6)25(18)37-5/h8-9,14-15,17H,7,10-13,16H2,1-6H3. The molecule has 1 aliphatic heterocycles. The molecule has 1 fully saturated rings. The van der Waals surface area contributed by atoms with Crippen molar-refractivity contribution in [1.82, 2.24) is 14.4 Å². The Hall–Kier alpha value is -3.92. The first kappa shape index (κ1) is 27.1. The van der Waals surface area contributed by atoms with Crippen molar-refractivity contribution >= 4 is 16.7 Å². The van der Waals surface area contributed by atoms with E-state index in [1.807, 2.05) is 24.0 Å². The maximum atomic E-state index is 13.7. The molecule has 3 aromatic rings. The highest BCUT2D eigenvalue weighted by molar-refractivity contribution is 6.07. The summed E-state index contributed by atoms with van der Waals surface area (Å²) < 4.78 is 28.9. The van der Waals surface area contributed by atoms with Gasteiger partial charge in [-0.3, -0.25) is 14.5 Å². The third-order valence-electron chi connectivity index (χ3n) is 7.00. The maximum absolute atomic E-state index is 13.7. The number of methoxy groups -OCH3 is 5. The molecule has 1 aliphatic rings. The molecule has 1 aromatic heterocycles. The van der Waals surface area contributed by atoms with Crippen molar-refractivity contribution in [1.29, 1.82) is 0 Å². The van der Waals surface area contributed by atoms with Gasteiger partial charge < -0.3 is 33.2 Å². The van der Waals surface area contributed by atoms with Gasteiger partial charge in [0.1, 0.15) is 0 Å². The predicted octanol–water partition coefficient (Wildman–Crippen LogP) is 3.02. The van der Waals surface area contributed by atoms with Gasteiger partial charge in [0, 0.05) is 56.4 Å². The second kappa shape index (κ2) is 11.6. The topological polar surface area (TPSA) is 91.7 Å². The molecule has 0 atom stereocenters. The second-order valence-electron chi connectivity index (χ2n) is 8.95. The molecule has 1 amide bonds. The minimum absolute atomic E-state index is 0.118. The van der Waals surface area contributed by atoms with Crippen LogP contribution in [-0.4, -0.2) is 82.0 Å². The molecule has 0 aliphatic carbocycles. The van der Waals surface area contributed by atoms with Crippen molar-refractivity contribution in [2.75, 3.05) is 61.7 Å². The lowest BCUT2D eigenvalue weighted by atomic mass is 10.0. The first-order valence-electron chi connectivity index (χ1n) is 12.5. The number of pyridine rings is 1. The highest BCUT2D eigenvalue weighted by atomic mass is 16.5. The maximum Gasteiger partial charge on any atom is 0.258 e. The lowest BCUT2D eigenvalue weighted by Gasteiger charge is -2.35. The number of hydrogen-bond donors (Lipinski definition) is 0. The van der Waals surface area contributed by atoms with E-state index >= 15 is 0 Å². The summed E-state index contributed by atoms with van der Waals surface area (Å²) in [5, 5.41) is 0.981. The van der Waals surface area contributed by atoms with E-state index in [0.29, 0.717) is 84.4 Å². The number of rotatable bonds is 9. The quantitative estimate of drug-likeness (QED) is 0.421. The molecule has 2 heterocycles. The van der Waals surface area contributed by atoms with Crippen molar-refractivity contribution < 1.29 is 28.5 Å². The number of fused-ring (bicyclic) bond motifs is 1. The van der Waals surface area contributed by atoms with Gasteiger partial charge >= 0.3 is 0 Å². The van der Waals surface area contributed by atoms with Crippen LogP contribution in [0.3, 0.4) is 0 Å². The van der Waals surface area contributed by atoms with Crippen molar-refractivity contribution in [2.45, 2.75) is 20.0 Å². The summed E-state index contributed by atoms with van der Waals surface area (Å²) in [6, 6.07) is 7.20. The number of hydrogen-bond acceptors (Lipinski definition) is 8. The Balaban J connectivity index is 1.57. The molecule has 0 bridgehead atoms. The van der Waals surface area contributed by atoms with Crippen LogP contribution in [0, 0.1) is 0 Å². The van der Waals surface area contributed by atoms with E-state index in [9.17, 15) is 9.59 Å². The van der Waals surface area contributed by atoms with Crippen LogP contribution in [0.15, 0.2) is 35.3 Å². The molecule has 0 radical (unpaired) electrons. The molecular formula is C28H35N3O7.